The maximum absolute atomic E-state index is 12.4. The van der Waals surface area contributed by atoms with Crippen LogP contribution in [-0.2, 0) is 4.79 Å². The lowest BCUT2D eigenvalue weighted by molar-refractivity contribution is -0.120. The SMILES string of the molecule is CNc1cnc(C(C)C)nc1C(=O)NC(C(N)=O)C(C)C. The van der Waals surface area contributed by atoms with Crippen molar-refractivity contribution in [1.29, 1.82) is 0 Å². The van der Waals surface area contributed by atoms with Gasteiger partial charge in [-0.05, 0) is 5.92 Å². The summed E-state index contributed by atoms with van der Waals surface area (Å²) < 4.78 is 0. The third kappa shape index (κ3) is 4.14. The van der Waals surface area contributed by atoms with Gasteiger partial charge >= 0.3 is 0 Å². The number of hydrogen-bond acceptors (Lipinski definition) is 5. The van der Waals surface area contributed by atoms with Crippen molar-refractivity contribution in [3.8, 4) is 0 Å². The van der Waals surface area contributed by atoms with Gasteiger partial charge in [0.2, 0.25) is 5.91 Å². The molecule has 1 rings (SSSR count). The second-order valence-corrected chi connectivity index (χ2v) is 5.49. The van der Waals surface area contributed by atoms with E-state index in [4.69, 9.17) is 5.73 Å². The molecule has 0 fully saturated rings. The van der Waals surface area contributed by atoms with Crippen LogP contribution in [-0.4, -0.2) is 34.9 Å². The minimum atomic E-state index is -0.736. The number of nitrogens with two attached hydrogens (primary N) is 1. The fraction of sp³-hybridized carbons (Fsp3) is 0.571. The largest absolute Gasteiger partial charge is 0.385 e. The highest BCUT2D eigenvalue weighted by Gasteiger charge is 2.24. The average molecular weight is 293 g/mol. The first-order valence-corrected chi connectivity index (χ1v) is 6.92. The Balaban J connectivity index is 3.10. The summed E-state index contributed by atoms with van der Waals surface area (Å²) in [6, 6.07) is -0.736. The number of nitrogens with zero attached hydrogens (tertiary/aromatic N) is 2. The fourth-order valence-corrected chi connectivity index (χ4v) is 1.81. The Morgan fingerprint density at radius 2 is 1.86 bits per heavy atom. The molecule has 1 aromatic rings. The summed E-state index contributed by atoms with van der Waals surface area (Å²) in [5.74, 6) is -0.446. The van der Waals surface area contributed by atoms with Crippen LogP contribution in [0, 0.1) is 5.92 Å². The first-order chi connectivity index (χ1) is 9.77. The van der Waals surface area contributed by atoms with Gasteiger partial charge < -0.3 is 16.4 Å². The summed E-state index contributed by atoms with van der Waals surface area (Å²) in [4.78, 5) is 32.2. The summed E-state index contributed by atoms with van der Waals surface area (Å²) in [5.41, 5.74) is 6.03. The topological polar surface area (TPSA) is 110 Å². The Morgan fingerprint density at radius 3 is 2.29 bits per heavy atom. The average Bonchev–Trinajstić information content (AvgIpc) is 2.42. The van der Waals surface area contributed by atoms with Crippen molar-refractivity contribution >= 4 is 17.5 Å². The van der Waals surface area contributed by atoms with Crippen molar-refractivity contribution in [2.75, 3.05) is 12.4 Å². The molecule has 1 unspecified atom stereocenters. The fourth-order valence-electron chi connectivity index (χ4n) is 1.81. The second-order valence-electron chi connectivity index (χ2n) is 5.49. The third-order valence-corrected chi connectivity index (χ3v) is 3.07. The molecule has 0 aliphatic rings. The van der Waals surface area contributed by atoms with E-state index in [-0.39, 0.29) is 17.5 Å². The van der Waals surface area contributed by atoms with Gasteiger partial charge in [-0.1, -0.05) is 27.7 Å². The molecule has 0 aliphatic carbocycles. The number of hydrogen-bond donors (Lipinski definition) is 3. The Hall–Kier alpha value is -2.18. The van der Waals surface area contributed by atoms with Gasteiger partial charge in [-0.3, -0.25) is 9.59 Å². The van der Waals surface area contributed by atoms with Gasteiger partial charge in [-0.25, -0.2) is 9.97 Å². The number of aromatic nitrogens is 2. The monoisotopic (exact) mass is 293 g/mol. The molecular formula is C14H23N5O2. The third-order valence-electron chi connectivity index (χ3n) is 3.07. The minimum Gasteiger partial charge on any atom is -0.385 e. The van der Waals surface area contributed by atoms with Crippen LogP contribution >= 0.6 is 0 Å². The summed E-state index contributed by atoms with van der Waals surface area (Å²) in [7, 11) is 1.68. The smallest absolute Gasteiger partial charge is 0.272 e. The van der Waals surface area contributed by atoms with E-state index in [1.165, 1.54) is 0 Å². The maximum atomic E-state index is 12.4. The molecule has 1 atom stereocenters. The highest BCUT2D eigenvalue weighted by Crippen LogP contribution is 2.16. The zero-order chi connectivity index (χ0) is 16.2. The van der Waals surface area contributed by atoms with Crippen LogP contribution in [0.4, 0.5) is 5.69 Å². The maximum Gasteiger partial charge on any atom is 0.272 e. The second kappa shape index (κ2) is 7.01. The lowest BCUT2D eigenvalue weighted by Gasteiger charge is -2.19. The van der Waals surface area contributed by atoms with Gasteiger partial charge in [0, 0.05) is 13.0 Å². The molecule has 1 heterocycles. The molecule has 7 nitrogen and oxygen atoms in total. The molecule has 0 saturated carbocycles. The number of carbonyl (C=O) groups is 2. The Bertz CT molecular complexity index is 528. The van der Waals surface area contributed by atoms with E-state index in [9.17, 15) is 9.59 Å². The van der Waals surface area contributed by atoms with Crippen molar-refractivity contribution in [2.45, 2.75) is 39.7 Å². The number of carbonyl (C=O) groups excluding carboxylic acids is 2. The van der Waals surface area contributed by atoms with Gasteiger partial charge in [0.25, 0.3) is 5.91 Å². The highest BCUT2D eigenvalue weighted by atomic mass is 16.2. The Labute approximate surface area is 124 Å². The van der Waals surface area contributed by atoms with Crippen molar-refractivity contribution in [2.24, 2.45) is 11.7 Å². The van der Waals surface area contributed by atoms with E-state index in [1.54, 1.807) is 13.2 Å². The van der Waals surface area contributed by atoms with Crippen LogP contribution in [0.25, 0.3) is 0 Å². The normalized spacial score (nSPS) is 12.3. The number of nitrogens with one attached hydrogen (secondary N) is 2. The number of rotatable bonds is 6. The number of amides is 2. The van der Waals surface area contributed by atoms with Crippen molar-refractivity contribution < 1.29 is 9.59 Å². The van der Waals surface area contributed by atoms with E-state index in [0.717, 1.165) is 0 Å². The van der Waals surface area contributed by atoms with E-state index >= 15 is 0 Å². The molecule has 0 aromatic carbocycles. The molecule has 1 aromatic heterocycles. The summed E-state index contributed by atoms with van der Waals surface area (Å²) in [6.07, 6.45) is 1.56. The molecule has 0 aliphatic heterocycles. The molecule has 116 valence electrons. The van der Waals surface area contributed by atoms with Crippen LogP contribution in [0.15, 0.2) is 6.20 Å². The van der Waals surface area contributed by atoms with E-state index in [1.807, 2.05) is 27.7 Å². The zero-order valence-corrected chi connectivity index (χ0v) is 13.1. The minimum absolute atomic E-state index is 0.0968. The molecule has 4 N–H and O–H groups in total. The van der Waals surface area contributed by atoms with Crippen LogP contribution in [0.3, 0.4) is 0 Å². The van der Waals surface area contributed by atoms with E-state index < -0.39 is 17.9 Å². The molecule has 7 heteroatoms. The predicted molar refractivity (Wildman–Crippen MR) is 81.0 cm³/mol. The van der Waals surface area contributed by atoms with Gasteiger partial charge in [0.1, 0.15) is 11.9 Å². The quantitative estimate of drug-likeness (QED) is 0.721. The molecule has 0 saturated heterocycles. The van der Waals surface area contributed by atoms with Crippen LogP contribution in [0.5, 0.6) is 0 Å². The van der Waals surface area contributed by atoms with Gasteiger partial charge in [0.05, 0.1) is 11.9 Å². The summed E-state index contributed by atoms with van der Waals surface area (Å²) >= 11 is 0. The van der Waals surface area contributed by atoms with Gasteiger partial charge in [-0.2, -0.15) is 0 Å². The van der Waals surface area contributed by atoms with E-state index in [0.29, 0.717) is 11.5 Å². The predicted octanol–water partition coefficient (Wildman–Crippen LogP) is 0.881. The zero-order valence-electron chi connectivity index (χ0n) is 13.1. The number of anilines is 1. The molecular weight excluding hydrogens is 270 g/mol. The molecule has 21 heavy (non-hydrogen) atoms. The van der Waals surface area contributed by atoms with Gasteiger partial charge in [0.15, 0.2) is 5.69 Å². The van der Waals surface area contributed by atoms with Crippen LogP contribution in [0.1, 0.15) is 49.9 Å². The summed E-state index contributed by atoms with van der Waals surface area (Å²) in [6.45, 7) is 7.51. The number of primary amides is 1. The van der Waals surface area contributed by atoms with E-state index in [2.05, 4.69) is 20.6 Å². The van der Waals surface area contributed by atoms with Gasteiger partial charge in [-0.15, -0.1) is 0 Å². The first kappa shape index (κ1) is 16.9. The molecule has 0 spiro atoms. The molecule has 0 bridgehead atoms. The standard InChI is InChI=1S/C14H23N5O2/c1-7(2)10(12(15)20)19-14(21)11-9(16-5)6-17-13(18-11)8(3)4/h6-8,10,16H,1-5H3,(H2,15,20)(H,19,21). The lowest BCUT2D eigenvalue weighted by Crippen LogP contribution is -2.48. The van der Waals surface area contributed by atoms with Crippen molar-refractivity contribution in [3.63, 3.8) is 0 Å². The van der Waals surface area contributed by atoms with Crippen LogP contribution in [0.2, 0.25) is 0 Å². The Kier molecular flexibility index (Phi) is 5.63. The van der Waals surface area contributed by atoms with Crippen molar-refractivity contribution in [1.82, 2.24) is 15.3 Å². The molecule has 0 radical (unpaired) electrons. The van der Waals surface area contributed by atoms with Crippen molar-refractivity contribution in [3.05, 3.63) is 17.7 Å². The first-order valence-electron chi connectivity index (χ1n) is 6.92. The highest BCUT2D eigenvalue weighted by molar-refractivity contribution is 5.99. The summed E-state index contributed by atoms with van der Waals surface area (Å²) in [5, 5.41) is 5.50. The van der Waals surface area contributed by atoms with Crippen LogP contribution < -0.4 is 16.4 Å². The lowest BCUT2D eigenvalue weighted by atomic mass is 10.0. The Morgan fingerprint density at radius 1 is 1.24 bits per heavy atom. The molecule has 2 amide bonds.